The van der Waals surface area contributed by atoms with Gasteiger partial charge >= 0.3 is 0 Å². The molecule has 3 aromatic rings. The Labute approximate surface area is 129 Å². The van der Waals surface area contributed by atoms with Gasteiger partial charge in [0.15, 0.2) is 0 Å². The third-order valence-corrected chi connectivity index (χ3v) is 3.61. The molecule has 0 atom stereocenters. The molecular weight excluding hydrogens is 276 g/mol. The average molecular weight is 294 g/mol. The monoisotopic (exact) mass is 294 g/mol. The van der Waals surface area contributed by atoms with Crippen molar-refractivity contribution in [2.45, 2.75) is 20.5 Å². The molecule has 2 heterocycles. The van der Waals surface area contributed by atoms with Crippen LogP contribution in [-0.4, -0.2) is 21.7 Å². The molecule has 112 valence electrons. The minimum Gasteiger partial charge on any atom is -0.478 e. The molecule has 1 aromatic carbocycles. The van der Waals surface area contributed by atoms with Gasteiger partial charge in [0.25, 0.3) is 0 Å². The molecule has 0 amide bonds. The fraction of sp³-hybridized carbons (Fsp3) is 0.222. The predicted octanol–water partition coefficient (Wildman–Crippen LogP) is 3.50. The van der Waals surface area contributed by atoms with E-state index in [0.29, 0.717) is 12.5 Å². The smallest absolute Gasteiger partial charge is 0.216 e. The van der Waals surface area contributed by atoms with Crippen LogP contribution >= 0.6 is 0 Å². The number of aliphatic hydroxyl groups excluding tert-OH is 1. The van der Waals surface area contributed by atoms with Crippen LogP contribution in [0.25, 0.3) is 22.0 Å². The van der Waals surface area contributed by atoms with E-state index in [1.807, 2.05) is 44.3 Å². The highest BCUT2D eigenvalue weighted by molar-refractivity contribution is 5.94. The first-order chi connectivity index (χ1) is 10.7. The van der Waals surface area contributed by atoms with Crippen LogP contribution in [0.2, 0.25) is 0 Å². The number of hydrogen-bond donors (Lipinski definition) is 1. The van der Waals surface area contributed by atoms with Crippen molar-refractivity contribution in [3.63, 3.8) is 0 Å². The number of rotatable bonds is 4. The summed E-state index contributed by atoms with van der Waals surface area (Å²) < 4.78 is 5.49. The van der Waals surface area contributed by atoms with Gasteiger partial charge in [-0.15, -0.1) is 0 Å². The van der Waals surface area contributed by atoms with Crippen molar-refractivity contribution < 1.29 is 9.84 Å². The van der Waals surface area contributed by atoms with Crippen LogP contribution in [0.4, 0.5) is 0 Å². The maximum Gasteiger partial charge on any atom is 0.216 e. The maximum absolute atomic E-state index is 9.25. The van der Waals surface area contributed by atoms with Crippen molar-refractivity contribution in [2.24, 2.45) is 0 Å². The van der Waals surface area contributed by atoms with E-state index in [-0.39, 0.29) is 6.61 Å². The topological polar surface area (TPSA) is 55.2 Å². The van der Waals surface area contributed by atoms with Crippen molar-refractivity contribution in [1.82, 2.24) is 9.97 Å². The molecule has 22 heavy (non-hydrogen) atoms. The van der Waals surface area contributed by atoms with E-state index >= 15 is 0 Å². The Balaban J connectivity index is 2.12. The van der Waals surface area contributed by atoms with Crippen molar-refractivity contribution in [3.05, 3.63) is 53.9 Å². The summed E-state index contributed by atoms with van der Waals surface area (Å²) in [5, 5.41) is 10.3. The Bertz CT molecular complexity index is 815. The second kappa shape index (κ2) is 6.12. The first kappa shape index (κ1) is 14.5. The Hall–Kier alpha value is -2.46. The van der Waals surface area contributed by atoms with E-state index in [4.69, 9.17) is 4.74 Å². The molecule has 0 radical (unpaired) electrons. The number of benzene rings is 1. The van der Waals surface area contributed by atoms with Crippen molar-refractivity contribution in [3.8, 4) is 17.0 Å². The lowest BCUT2D eigenvalue weighted by Crippen LogP contribution is -1.97. The molecule has 0 saturated heterocycles. The van der Waals surface area contributed by atoms with Gasteiger partial charge in [-0.05, 0) is 43.2 Å². The molecule has 3 rings (SSSR count). The normalized spacial score (nSPS) is 10.9. The fourth-order valence-electron chi connectivity index (χ4n) is 2.54. The Morgan fingerprint density at radius 1 is 1.14 bits per heavy atom. The van der Waals surface area contributed by atoms with Gasteiger partial charge in [-0.25, -0.2) is 4.98 Å². The lowest BCUT2D eigenvalue weighted by Gasteiger charge is -2.10. The first-order valence-electron chi connectivity index (χ1n) is 7.31. The number of fused-ring (bicyclic) bond motifs is 1. The van der Waals surface area contributed by atoms with E-state index in [9.17, 15) is 5.11 Å². The van der Waals surface area contributed by atoms with Crippen LogP contribution < -0.4 is 4.74 Å². The third kappa shape index (κ3) is 2.65. The van der Waals surface area contributed by atoms with Crippen molar-refractivity contribution >= 4 is 10.9 Å². The summed E-state index contributed by atoms with van der Waals surface area (Å²) >= 11 is 0. The molecule has 0 spiro atoms. The second-order valence-electron chi connectivity index (χ2n) is 5.15. The lowest BCUT2D eigenvalue weighted by molar-refractivity contribution is 0.282. The zero-order valence-corrected chi connectivity index (χ0v) is 12.7. The van der Waals surface area contributed by atoms with Crippen LogP contribution in [0.15, 0.2) is 42.7 Å². The van der Waals surface area contributed by atoms with Gasteiger partial charge in [-0.1, -0.05) is 12.1 Å². The van der Waals surface area contributed by atoms with Crippen molar-refractivity contribution in [2.75, 3.05) is 6.61 Å². The molecule has 0 saturated carbocycles. The van der Waals surface area contributed by atoms with Crippen molar-refractivity contribution in [1.29, 1.82) is 0 Å². The van der Waals surface area contributed by atoms with Crippen LogP contribution in [0.1, 0.15) is 18.1 Å². The molecule has 4 nitrogen and oxygen atoms in total. The zero-order chi connectivity index (χ0) is 15.5. The van der Waals surface area contributed by atoms with Gasteiger partial charge in [-0.3, -0.25) is 4.98 Å². The molecule has 0 fully saturated rings. The largest absolute Gasteiger partial charge is 0.478 e. The molecular formula is C18H18N2O2. The highest BCUT2D eigenvalue weighted by Gasteiger charge is 2.08. The summed E-state index contributed by atoms with van der Waals surface area (Å²) in [7, 11) is 0. The first-order valence-corrected chi connectivity index (χ1v) is 7.31. The van der Waals surface area contributed by atoms with E-state index in [2.05, 4.69) is 16.0 Å². The molecule has 0 unspecified atom stereocenters. The minimum atomic E-state index is 0.0194. The fourth-order valence-corrected chi connectivity index (χ4v) is 2.54. The molecule has 0 aliphatic heterocycles. The second-order valence-corrected chi connectivity index (χ2v) is 5.15. The Kier molecular flexibility index (Phi) is 4.02. The number of aromatic nitrogens is 2. The van der Waals surface area contributed by atoms with E-state index in [1.54, 1.807) is 6.20 Å². The number of hydrogen-bond acceptors (Lipinski definition) is 4. The van der Waals surface area contributed by atoms with Gasteiger partial charge in [0, 0.05) is 28.9 Å². The van der Waals surface area contributed by atoms with E-state index < -0.39 is 0 Å². The molecule has 0 aliphatic rings. The summed E-state index contributed by atoms with van der Waals surface area (Å²) in [4.78, 5) is 8.79. The van der Waals surface area contributed by atoms with Gasteiger partial charge in [0.1, 0.15) is 0 Å². The van der Waals surface area contributed by atoms with Gasteiger partial charge < -0.3 is 9.84 Å². The number of aryl methyl sites for hydroxylation is 1. The third-order valence-electron chi connectivity index (χ3n) is 3.61. The van der Waals surface area contributed by atoms with Crippen LogP contribution in [0, 0.1) is 6.92 Å². The Morgan fingerprint density at radius 2 is 2.00 bits per heavy atom. The SMILES string of the molecule is CCOc1ncc(-c2ccnc3cc(CO)ccc23)cc1C. The summed E-state index contributed by atoms with van der Waals surface area (Å²) in [6, 6.07) is 9.88. The van der Waals surface area contributed by atoms with Crippen LogP contribution in [-0.2, 0) is 6.61 Å². The standard InChI is InChI=1S/C18H18N2O2/c1-3-22-18-12(2)8-14(10-20-18)15-6-7-19-17-9-13(11-21)4-5-16(15)17/h4-10,21H,3,11H2,1-2H3. The zero-order valence-electron chi connectivity index (χ0n) is 12.7. The molecule has 0 aliphatic carbocycles. The van der Waals surface area contributed by atoms with Gasteiger partial charge in [0.05, 0.1) is 18.7 Å². The molecule has 1 N–H and O–H groups in total. The highest BCUT2D eigenvalue weighted by atomic mass is 16.5. The summed E-state index contributed by atoms with van der Waals surface area (Å²) in [6.45, 7) is 4.57. The van der Waals surface area contributed by atoms with E-state index in [0.717, 1.165) is 33.2 Å². The summed E-state index contributed by atoms with van der Waals surface area (Å²) in [6.07, 6.45) is 3.61. The van der Waals surface area contributed by atoms with E-state index in [1.165, 1.54) is 0 Å². The molecule has 0 bridgehead atoms. The van der Waals surface area contributed by atoms with Gasteiger partial charge in [0.2, 0.25) is 5.88 Å². The molecule has 2 aromatic heterocycles. The maximum atomic E-state index is 9.25. The Morgan fingerprint density at radius 3 is 2.73 bits per heavy atom. The molecule has 4 heteroatoms. The van der Waals surface area contributed by atoms with Gasteiger partial charge in [-0.2, -0.15) is 0 Å². The summed E-state index contributed by atoms with van der Waals surface area (Å²) in [5.74, 6) is 0.673. The number of pyridine rings is 2. The lowest BCUT2D eigenvalue weighted by atomic mass is 10.0. The number of aliphatic hydroxyl groups is 1. The van der Waals surface area contributed by atoms with Crippen LogP contribution in [0.5, 0.6) is 5.88 Å². The predicted molar refractivity (Wildman–Crippen MR) is 86.8 cm³/mol. The summed E-state index contributed by atoms with van der Waals surface area (Å²) in [5.41, 5.74) is 4.85. The minimum absolute atomic E-state index is 0.0194. The quantitative estimate of drug-likeness (QED) is 0.800. The van der Waals surface area contributed by atoms with Crippen LogP contribution in [0.3, 0.4) is 0 Å². The average Bonchev–Trinajstić information content (AvgIpc) is 2.55. The number of ether oxygens (including phenoxy) is 1. The number of nitrogens with zero attached hydrogens (tertiary/aromatic N) is 2. The highest BCUT2D eigenvalue weighted by Crippen LogP contribution is 2.29.